The van der Waals surface area contributed by atoms with Crippen molar-refractivity contribution in [2.24, 2.45) is 5.73 Å². The summed E-state index contributed by atoms with van der Waals surface area (Å²) in [7, 11) is -3.94. The molecule has 0 saturated heterocycles. The number of amides is 1. The number of carbonyl (C=O) groups excluding carboxylic acids is 1. The number of nitrogens with one attached hydrogen (secondary N) is 1. The topological polar surface area (TPSA) is 115 Å². The Morgan fingerprint density at radius 1 is 1.26 bits per heavy atom. The summed E-state index contributed by atoms with van der Waals surface area (Å²) in [4.78, 5) is 11.2. The Hall–Kier alpha value is -0.640. The Bertz CT molecular complexity index is 606. The molecule has 1 rings (SSSR count). The summed E-state index contributed by atoms with van der Waals surface area (Å²) in [6, 6.07) is 2.91. The van der Waals surface area contributed by atoms with Crippen molar-refractivity contribution in [1.29, 1.82) is 0 Å². The maximum absolute atomic E-state index is 12.3. The minimum atomic E-state index is -3.94. The first-order valence-corrected chi connectivity index (χ1v) is 8.12. The lowest BCUT2D eigenvalue weighted by molar-refractivity contribution is -0.122. The van der Waals surface area contributed by atoms with Crippen LogP contribution in [0.15, 0.2) is 26.0 Å². The number of halogens is 2. The largest absolute Gasteiger partial charge is 0.399 e. The molecule has 0 unspecified atom stereocenters. The van der Waals surface area contributed by atoms with E-state index in [0.29, 0.717) is 5.69 Å². The first-order chi connectivity index (χ1) is 8.47. The molecule has 1 amide bonds. The van der Waals surface area contributed by atoms with E-state index in [0.717, 1.165) is 0 Å². The van der Waals surface area contributed by atoms with Gasteiger partial charge >= 0.3 is 0 Å². The molecular weight excluding hydrogens is 402 g/mol. The van der Waals surface area contributed by atoms with Gasteiger partial charge in [0.15, 0.2) is 0 Å². The van der Waals surface area contributed by atoms with E-state index in [9.17, 15) is 13.2 Å². The highest BCUT2D eigenvalue weighted by molar-refractivity contribution is 9.11. The maximum Gasteiger partial charge on any atom is 0.243 e. The van der Waals surface area contributed by atoms with Crippen molar-refractivity contribution in [3.8, 4) is 0 Å². The third-order valence-electron chi connectivity index (χ3n) is 2.29. The van der Waals surface area contributed by atoms with Gasteiger partial charge in [0.05, 0.1) is 0 Å². The molecule has 0 aliphatic rings. The average Bonchev–Trinajstić information content (AvgIpc) is 2.12. The zero-order valence-electron chi connectivity index (χ0n) is 10.2. The van der Waals surface area contributed by atoms with Crippen molar-refractivity contribution in [2.75, 3.05) is 5.73 Å². The normalized spacial score (nSPS) is 12.4. The fourth-order valence-corrected chi connectivity index (χ4v) is 5.28. The predicted octanol–water partition coefficient (Wildman–Crippen LogP) is 1.34. The number of hydrogen-bond acceptors (Lipinski definition) is 4. The van der Waals surface area contributed by atoms with E-state index in [2.05, 4.69) is 36.6 Å². The van der Waals surface area contributed by atoms with E-state index >= 15 is 0 Å². The van der Waals surface area contributed by atoms with Crippen molar-refractivity contribution in [1.82, 2.24) is 4.72 Å². The Morgan fingerprint density at radius 2 is 1.68 bits per heavy atom. The molecule has 5 N–H and O–H groups in total. The van der Waals surface area contributed by atoms with Crippen LogP contribution in [0.5, 0.6) is 0 Å². The van der Waals surface area contributed by atoms with Crippen molar-refractivity contribution in [3.05, 3.63) is 21.1 Å². The summed E-state index contributed by atoms with van der Waals surface area (Å²) in [6.45, 7) is 2.76. The van der Waals surface area contributed by atoms with Crippen LogP contribution >= 0.6 is 31.9 Å². The van der Waals surface area contributed by atoms with E-state index in [-0.39, 0.29) is 13.8 Å². The Kier molecular flexibility index (Phi) is 4.66. The smallest absolute Gasteiger partial charge is 0.243 e. The van der Waals surface area contributed by atoms with E-state index in [1.807, 2.05) is 0 Å². The summed E-state index contributed by atoms with van der Waals surface area (Å²) < 4.78 is 27.4. The number of anilines is 1. The van der Waals surface area contributed by atoms with Crippen LogP contribution < -0.4 is 16.2 Å². The van der Waals surface area contributed by atoms with Gasteiger partial charge in [-0.1, -0.05) is 0 Å². The highest BCUT2D eigenvalue weighted by atomic mass is 79.9. The van der Waals surface area contributed by atoms with Crippen LogP contribution in [0, 0.1) is 0 Å². The van der Waals surface area contributed by atoms with Crippen molar-refractivity contribution < 1.29 is 13.2 Å². The highest BCUT2D eigenvalue weighted by Gasteiger charge is 2.33. The number of nitrogen functional groups attached to an aromatic ring is 1. The van der Waals surface area contributed by atoms with Gasteiger partial charge in [-0.2, -0.15) is 4.72 Å². The van der Waals surface area contributed by atoms with E-state index in [1.165, 1.54) is 26.0 Å². The zero-order valence-corrected chi connectivity index (χ0v) is 14.2. The van der Waals surface area contributed by atoms with Crippen LogP contribution in [0.25, 0.3) is 0 Å². The van der Waals surface area contributed by atoms with Gasteiger partial charge in [0, 0.05) is 14.6 Å². The standard InChI is InChI=1S/C10H13Br2N3O3S/c1-10(2,9(14)16)15-19(17,18)8-6(11)3-5(13)4-7(8)12/h3-4,15H,13H2,1-2H3,(H2,14,16). The van der Waals surface area contributed by atoms with Gasteiger partial charge in [0.1, 0.15) is 10.4 Å². The molecule has 0 saturated carbocycles. The summed E-state index contributed by atoms with van der Waals surface area (Å²) in [5.74, 6) is -0.779. The highest BCUT2D eigenvalue weighted by Crippen LogP contribution is 2.32. The van der Waals surface area contributed by atoms with Crippen LogP contribution in [0.1, 0.15) is 13.8 Å². The van der Waals surface area contributed by atoms with Crippen LogP contribution in [-0.4, -0.2) is 19.9 Å². The monoisotopic (exact) mass is 413 g/mol. The van der Waals surface area contributed by atoms with Crippen molar-refractivity contribution >= 4 is 53.5 Å². The third-order valence-corrected chi connectivity index (χ3v) is 5.83. The molecule has 0 spiro atoms. The molecule has 0 aliphatic heterocycles. The lowest BCUT2D eigenvalue weighted by Crippen LogP contribution is -2.52. The number of primary amides is 1. The Morgan fingerprint density at radius 3 is 2.05 bits per heavy atom. The van der Waals surface area contributed by atoms with Gasteiger partial charge in [0.2, 0.25) is 15.9 Å². The zero-order chi connectivity index (χ0) is 15.0. The molecule has 6 nitrogen and oxygen atoms in total. The average molecular weight is 415 g/mol. The SMILES string of the molecule is CC(C)(NS(=O)(=O)c1c(Br)cc(N)cc1Br)C(N)=O. The molecule has 1 aromatic carbocycles. The Balaban J connectivity index is 3.34. The second kappa shape index (κ2) is 5.39. The fraction of sp³-hybridized carbons (Fsp3) is 0.300. The lowest BCUT2D eigenvalue weighted by atomic mass is 10.1. The molecule has 0 bridgehead atoms. The van der Waals surface area contributed by atoms with Crippen LogP contribution in [0.3, 0.4) is 0 Å². The van der Waals surface area contributed by atoms with Crippen molar-refractivity contribution in [2.45, 2.75) is 24.3 Å². The quantitative estimate of drug-likeness (QED) is 0.644. The number of rotatable bonds is 4. The van der Waals surface area contributed by atoms with Crippen molar-refractivity contribution in [3.63, 3.8) is 0 Å². The molecule has 0 aromatic heterocycles. The first kappa shape index (κ1) is 16.4. The second-order valence-corrected chi connectivity index (χ2v) is 7.74. The van der Waals surface area contributed by atoms with Gasteiger partial charge in [0.25, 0.3) is 0 Å². The molecule has 19 heavy (non-hydrogen) atoms. The molecule has 1 aromatic rings. The lowest BCUT2D eigenvalue weighted by Gasteiger charge is -2.23. The number of nitrogens with two attached hydrogens (primary N) is 2. The predicted molar refractivity (Wildman–Crippen MR) is 79.8 cm³/mol. The van der Waals surface area contributed by atoms with Gasteiger partial charge in [-0.3, -0.25) is 4.79 Å². The minimum Gasteiger partial charge on any atom is -0.399 e. The van der Waals surface area contributed by atoms with Crippen LogP contribution in [0.4, 0.5) is 5.69 Å². The van der Waals surface area contributed by atoms with Gasteiger partial charge in [-0.15, -0.1) is 0 Å². The Labute approximate surface area is 128 Å². The maximum atomic E-state index is 12.3. The summed E-state index contributed by atoms with van der Waals surface area (Å²) in [5.41, 5.74) is 9.74. The van der Waals surface area contributed by atoms with E-state index in [1.54, 1.807) is 0 Å². The summed E-state index contributed by atoms with van der Waals surface area (Å²) in [6.07, 6.45) is 0. The van der Waals surface area contributed by atoms with Crippen LogP contribution in [0.2, 0.25) is 0 Å². The first-order valence-electron chi connectivity index (χ1n) is 5.06. The van der Waals surface area contributed by atoms with Gasteiger partial charge in [-0.05, 0) is 57.8 Å². The van der Waals surface area contributed by atoms with Crippen LogP contribution in [-0.2, 0) is 14.8 Å². The second-order valence-electron chi connectivity index (χ2n) is 4.41. The number of hydrogen-bond donors (Lipinski definition) is 3. The number of benzene rings is 1. The molecule has 0 heterocycles. The molecule has 0 radical (unpaired) electrons. The minimum absolute atomic E-state index is 0.0453. The molecule has 9 heteroatoms. The number of sulfonamides is 1. The summed E-state index contributed by atoms with van der Waals surface area (Å²) in [5, 5.41) is 0. The van der Waals surface area contributed by atoms with Gasteiger partial charge < -0.3 is 11.5 Å². The van der Waals surface area contributed by atoms with E-state index in [4.69, 9.17) is 11.5 Å². The van der Waals surface area contributed by atoms with E-state index < -0.39 is 21.5 Å². The van der Waals surface area contributed by atoms with Gasteiger partial charge in [-0.25, -0.2) is 8.42 Å². The fourth-order valence-electron chi connectivity index (χ4n) is 1.27. The molecule has 0 aliphatic carbocycles. The molecule has 0 fully saturated rings. The molecular formula is C10H13Br2N3O3S. The molecule has 0 atom stereocenters. The third kappa shape index (κ3) is 3.68. The summed E-state index contributed by atoms with van der Waals surface area (Å²) >= 11 is 6.27. The number of carbonyl (C=O) groups is 1. The molecule has 106 valence electrons.